The minimum absolute atomic E-state index is 0.0221. The van der Waals surface area contributed by atoms with Gasteiger partial charge in [-0.25, -0.2) is 0 Å². The Balaban J connectivity index is 1.61. The van der Waals surface area contributed by atoms with Crippen LogP contribution in [0, 0.1) is 11.3 Å². The van der Waals surface area contributed by atoms with Crippen LogP contribution < -0.4 is 14.2 Å². The number of benzene rings is 2. The molecule has 0 aliphatic carbocycles. The molecule has 0 fully saturated rings. The lowest BCUT2D eigenvalue weighted by molar-refractivity contribution is -0.141. The first-order valence-corrected chi connectivity index (χ1v) is 10.8. The van der Waals surface area contributed by atoms with E-state index >= 15 is 0 Å². The van der Waals surface area contributed by atoms with Crippen molar-refractivity contribution in [2.24, 2.45) is 0 Å². The van der Waals surface area contributed by atoms with Gasteiger partial charge < -0.3 is 14.2 Å². The molecule has 7 heteroatoms. The molecule has 0 spiro atoms. The molecule has 7 nitrogen and oxygen atoms in total. The van der Waals surface area contributed by atoms with Crippen molar-refractivity contribution in [3.05, 3.63) is 70.3 Å². The lowest BCUT2D eigenvalue weighted by Crippen LogP contribution is -2.42. The summed E-state index contributed by atoms with van der Waals surface area (Å²) in [4.78, 5) is 27.3. The molecule has 0 aromatic heterocycles. The number of rotatable bonds is 7. The lowest BCUT2D eigenvalue weighted by atomic mass is 9.93. The molecule has 2 heterocycles. The molecule has 0 saturated heterocycles. The molecule has 2 aliphatic heterocycles. The number of fused-ring (bicyclic) bond motifs is 1. The molecule has 0 atom stereocenters. The number of amides is 2. The highest BCUT2D eigenvalue weighted by atomic mass is 16.7. The molecule has 0 unspecified atom stereocenters. The molecule has 0 radical (unpaired) electrons. The fourth-order valence-electron chi connectivity index (χ4n) is 3.66. The number of hydrogen-bond acceptors (Lipinski definition) is 6. The fraction of sp³-hybridized carbons (Fsp3) is 0.269. The SMILES string of the molecule is CCCCOc1ccc(/C=C2/C(=O)N(Cc3ccc4c(c3)OCO4)C(=O)C(C#N)=C2C)cc1. The van der Waals surface area contributed by atoms with Crippen molar-refractivity contribution in [3.8, 4) is 23.3 Å². The summed E-state index contributed by atoms with van der Waals surface area (Å²) in [5.41, 5.74) is 2.12. The first-order valence-electron chi connectivity index (χ1n) is 10.8. The Morgan fingerprint density at radius 3 is 2.58 bits per heavy atom. The monoisotopic (exact) mass is 444 g/mol. The van der Waals surface area contributed by atoms with Crippen LogP contribution in [-0.4, -0.2) is 30.1 Å². The molecule has 168 valence electrons. The van der Waals surface area contributed by atoms with Crippen LogP contribution in [0.2, 0.25) is 0 Å². The maximum absolute atomic E-state index is 13.3. The van der Waals surface area contributed by atoms with Crippen LogP contribution in [0.3, 0.4) is 0 Å². The first kappa shape index (κ1) is 22.2. The Labute approximate surface area is 192 Å². The third-order valence-electron chi connectivity index (χ3n) is 5.56. The topological polar surface area (TPSA) is 88.9 Å². The Kier molecular flexibility index (Phi) is 6.45. The Morgan fingerprint density at radius 1 is 1.09 bits per heavy atom. The smallest absolute Gasteiger partial charge is 0.271 e. The van der Waals surface area contributed by atoms with E-state index in [1.807, 2.05) is 30.3 Å². The number of imide groups is 1. The molecule has 2 aromatic rings. The van der Waals surface area contributed by atoms with Crippen LogP contribution in [0.1, 0.15) is 37.8 Å². The zero-order valence-corrected chi connectivity index (χ0v) is 18.6. The van der Waals surface area contributed by atoms with E-state index in [4.69, 9.17) is 14.2 Å². The molecular formula is C26H24N2O5. The van der Waals surface area contributed by atoms with Gasteiger partial charge in [0.2, 0.25) is 6.79 Å². The van der Waals surface area contributed by atoms with Crippen LogP contribution in [0.25, 0.3) is 6.08 Å². The van der Waals surface area contributed by atoms with Crippen LogP contribution in [0.15, 0.2) is 59.2 Å². The number of carbonyl (C=O) groups excluding carboxylic acids is 2. The average molecular weight is 444 g/mol. The van der Waals surface area contributed by atoms with E-state index in [1.54, 1.807) is 31.2 Å². The van der Waals surface area contributed by atoms with Gasteiger partial charge in [0.05, 0.1) is 13.2 Å². The van der Waals surface area contributed by atoms with E-state index < -0.39 is 11.8 Å². The highest BCUT2D eigenvalue weighted by molar-refractivity contribution is 6.19. The summed E-state index contributed by atoms with van der Waals surface area (Å²) in [5.74, 6) is 0.886. The second-order valence-corrected chi connectivity index (χ2v) is 7.82. The summed E-state index contributed by atoms with van der Waals surface area (Å²) in [7, 11) is 0. The summed E-state index contributed by atoms with van der Waals surface area (Å²) in [6.45, 7) is 4.54. The molecule has 0 saturated carbocycles. The molecule has 2 amide bonds. The Morgan fingerprint density at radius 2 is 1.85 bits per heavy atom. The Hall–Kier alpha value is -4.05. The van der Waals surface area contributed by atoms with Crippen LogP contribution in [-0.2, 0) is 16.1 Å². The summed E-state index contributed by atoms with van der Waals surface area (Å²) in [6, 6.07) is 14.6. The molecule has 0 N–H and O–H groups in total. The zero-order valence-electron chi connectivity index (χ0n) is 18.6. The maximum atomic E-state index is 13.3. The van der Waals surface area contributed by atoms with Gasteiger partial charge in [-0.2, -0.15) is 5.26 Å². The normalized spacial score (nSPS) is 16.4. The van der Waals surface area contributed by atoms with Crippen molar-refractivity contribution >= 4 is 17.9 Å². The number of ether oxygens (including phenoxy) is 3. The average Bonchev–Trinajstić information content (AvgIpc) is 3.29. The summed E-state index contributed by atoms with van der Waals surface area (Å²) in [6.07, 6.45) is 3.74. The van der Waals surface area contributed by atoms with Gasteiger partial charge in [0.1, 0.15) is 17.4 Å². The van der Waals surface area contributed by atoms with Gasteiger partial charge in [-0.1, -0.05) is 31.5 Å². The van der Waals surface area contributed by atoms with E-state index in [9.17, 15) is 14.9 Å². The second kappa shape index (κ2) is 9.61. The Bertz CT molecular complexity index is 1190. The van der Waals surface area contributed by atoms with Crippen LogP contribution in [0.5, 0.6) is 17.2 Å². The summed E-state index contributed by atoms with van der Waals surface area (Å²) >= 11 is 0. The number of unbranched alkanes of at least 4 members (excludes halogenated alkanes) is 1. The predicted molar refractivity (Wildman–Crippen MR) is 121 cm³/mol. The first-order chi connectivity index (χ1) is 16.0. The molecular weight excluding hydrogens is 420 g/mol. The molecule has 2 aromatic carbocycles. The standard InChI is InChI=1S/C26H24N2O5/c1-3-4-11-31-20-8-5-18(6-9-20)12-21-17(2)22(14-27)26(30)28(25(21)29)15-19-7-10-23-24(13-19)33-16-32-23/h5-10,12-13H,3-4,11,15-16H2,1-2H3/b21-12+. The van der Waals surface area contributed by atoms with Crippen molar-refractivity contribution in [2.75, 3.05) is 13.4 Å². The lowest BCUT2D eigenvalue weighted by Gasteiger charge is -2.27. The highest BCUT2D eigenvalue weighted by Crippen LogP contribution is 2.34. The van der Waals surface area contributed by atoms with Crippen molar-refractivity contribution in [3.63, 3.8) is 0 Å². The molecule has 33 heavy (non-hydrogen) atoms. The molecule has 2 aliphatic rings. The predicted octanol–water partition coefficient (Wildman–Crippen LogP) is 4.39. The fourth-order valence-corrected chi connectivity index (χ4v) is 3.66. The highest BCUT2D eigenvalue weighted by Gasteiger charge is 2.35. The quantitative estimate of drug-likeness (QED) is 0.358. The number of carbonyl (C=O) groups is 2. The number of nitrogens with zero attached hydrogens (tertiary/aromatic N) is 2. The van der Waals surface area contributed by atoms with E-state index in [0.717, 1.165) is 29.1 Å². The minimum atomic E-state index is -0.602. The van der Waals surface area contributed by atoms with Crippen molar-refractivity contribution in [2.45, 2.75) is 33.2 Å². The third-order valence-corrected chi connectivity index (χ3v) is 5.56. The van der Waals surface area contributed by atoms with Gasteiger partial charge >= 0.3 is 0 Å². The van der Waals surface area contributed by atoms with Crippen molar-refractivity contribution in [1.29, 1.82) is 5.26 Å². The van der Waals surface area contributed by atoms with E-state index in [1.165, 1.54) is 0 Å². The van der Waals surface area contributed by atoms with Crippen LogP contribution >= 0.6 is 0 Å². The van der Waals surface area contributed by atoms with Gasteiger partial charge in [-0.15, -0.1) is 0 Å². The van der Waals surface area contributed by atoms with E-state index in [-0.39, 0.29) is 18.9 Å². The summed E-state index contributed by atoms with van der Waals surface area (Å²) in [5, 5.41) is 9.60. The van der Waals surface area contributed by atoms with E-state index in [0.29, 0.717) is 34.8 Å². The number of hydrogen-bond donors (Lipinski definition) is 0. The minimum Gasteiger partial charge on any atom is -0.494 e. The van der Waals surface area contributed by atoms with Crippen molar-refractivity contribution < 1.29 is 23.8 Å². The van der Waals surface area contributed by atoms with Gasteiger partial charge in [0, 0.05) is 5.57 Å². The second-order valence-electron chi connectivity index (χ2n) is 7.82. The van der Waals surface area contributed by atoms with Gasteiger partial charge in [0.15, 0.2) is 11.5 Å². The van der Waals surface area contributed by atoms with Gasteiger partial charge in [-0.3, -0.25) is 14.5 Å². The van der Waals surface area contributed by atoms with Crippen LogP contribution in [0.4, 0.5) is 0 Å². The number of nitriles is 1. The molecule has 0 bridgehead atoms. The third kappa shape index (κ3) is 4.60. The zero-order chi connectivity index (χ0) is 23.4. The maximum Gasteiger partial charge on any atom is 0.271 e. The van der Waals surface area contributed by atoms with E-state index in [2.05, 4.69) is 6.92 Å². The summed E-state index contributed by atoms with van der Waals surface area (Å²) < 4.78 is 16.4. The molecule has 4 rings (SSSR count). The largest absolute Gasteiger partial charge is 0.494 e. The van der Waals surface area contributed by atoms with Gasteiger partial charge in [-0.05, 0) is 60.4 Å². The van der Waals surface area contributed by atoms with Crippen molar-refractivity contribution in [1.82, 2.24) is 4.90 Å². The van der Waals surface area contributed by atoms with Gasteiger partial charge in [0.25, 0.3) is 11.8 Å².